The Balaban J connectivity index is 1.41. The number of aryl methyl sites for hydroxylation is 2. The van der Waals surface area contributed by atoms with Crippen molar-refractivity contribution in [1.29, 1.82) is 0 Å². The van der Waals surface area contributed by atoms with Crippen LogP contribution in [0.3, 0.4) is 0 Å². The van der Waals surface area contributed by atoms with Gasteiger partial charge in [0.15, 0.2) is 0 Å². The molecule has 0 saturated carbocycles. The van der Waals surface area contributed by atoms with Gasteiger partial charge in [0.05, 0.1) is 16.4 Å². The van der Waals surface area contributed by atoms with Gasteiger partial charge in [-0.15, -0.1) is 11.3 Å². The maximum absolute atomic E-state index is 4.68. The van der Waals surface area contributed by atoms with Crippen molar-refractivity contribution >= 4 is 11.3 Å². The second kappa shape index (κ2) is 6.30. The van der Waals surface area contributed by atoms with Crippen molar-refractivity contribution in [2.75, 3.05) is 13.1 Å². The van der Waals surface area contributed by atoms with Gasteiger partial charge in [-0.25, -0.2) is 4.98 Å². The van der Waals surface area contributed by atoms with Gasteiger partial charge in [0.25, 0.3) is 0 Å². The van der Waals surface area contributed by atoms with Gasteiger partial charge in [0, 0.05) is 49.3 Å². The zero-order valence-electron chi connectivity index (χ0n) is 13.9. The molecule has 122 valence electrons. The highest BCUT2D eigenvalue weighted by atomic mass is 32.1. The van der Waals surface area contributed by atoms with Gasteiger partial charge in [0.2, 0.25) is 0 Å². The molecule has 2 aromatic rings. The molecule has 4 nitrogen and oxygen atoms in total. The molecule has 2 aliphatic rings. The first-order chi connectivity index (χ1) is 11.2. The van der Waals surface area contributed by atoms with Crippen LogP contribution in [0.2, 0.25) is 0 Å². The molecule has 0 spiro atoms. The van der Waals surface area contributed by atoms with Crippen LogP contribution in [-0.4, -0.2) is 44.9 Å². The van der Waals surface area contributed by atoms with Crippen molar-refractivity contribution in [3.05, 3.63) is 45.7 Å². The number of fused-ring (bicyclic) bond motifs is 1. The Labute approximate surface area is 142 Å². The van der Waals surface area contributed by atoms with Crippen LogP contribution in [-0.2, 0) is 13.1 Å². The first-order valence-electron chi connectivity index (χ1n) is 8.51. The van der Waals surface area contributed by atoms with Crippen LogP contribution in [0.1, 0.15) is 34.9 Å². The third-order valence-electron chi connectivity index (χ3n) is 5.15. The summed E-state index contributed by atoms with van der Waals surface area (Å²) in [5.74, 6) is 0. The average Bonchev–Trinajstić information content (AvgIpc) is 3.20. The molecular formula is C18H24N4S. The lowest BCUT2D eigenvalue weighted by molar-refractivity contribution is 0.210. The van der Waals surface area contributed by atoms with E-state index in [1.807, 2.05) is 0 Å². The van der Waals surface area contributed by atoms with Gasteiger partial charge in [-0.3, -0.25) is 14.8 Å². The molecule has 2 saturated heterocycles. The first-order valence-corrected chi connectivity index (χ1v) is 9.38. The minimum atomic E-state index is 0.692. The van der Waals surface area contributed by atoms with Crippen molar-refractivity contribution < 1.29 is 0 Å². The second-order valence-corrected chi connectivity index (χ2v) is 7.84. The summed E-state index contributed by atoms with van der Waals surface area (Å²) in [5, 5.41) is 3.39. The van der Waals surface area contributed by atoms with Gasteiger partial charge in [-0.2, -0.15) is 0 Å². The second-order valence-electron chi connectivity index (χ2n) is 6.78. The van der Waals surface area contributed by atoms with E-state index in [4.69, 9.17) is 0 Å². The van der Waals surface area contributed by atoms with Crippen molar-refractivity contribution in [3.8, 4) is 0 Å². The quantitative estimate of drug-likeness (QED) is 0.864. The predicted molar refractivity (Wildman–Crippen MR) is 93.5 cm³/mol. The van der Waals surface area contributed by atoms with Gasteiger partial charge in [0.1, 0.15) is 0 Å². The molecule has 0 radical (unpaired) electrons. The molecule has 2 atom stereocenters. The molecule has 0 aliphatic carbocycles. The highest BCUT2D eigenvalue weighted by Gasteiger charge is 2.42. The first kappa shape index (κ1) is 15.2. The lowest BCUT2D eigenvalue weighted by Crippen LogP contribution is -2.36. The molecule has 4 rings (SSSR count). The van der Waals surface area contributed by atoms with Gasteiger partial charge < -0.3 is 0 Å². The molecule has 2 aromatic heterocycles. The maximum Gasteiger partial charge on any atom is 0.0897 e. The molecule has 4 heterocycles. The normalized spacial score (nSPS) is 25.1. The molecule has 0 bridgehead atoms. The Kier molecular flexibility index (Phi) is 4.18. The number of nitrogens with zero attached hydrogens (tertiary/aromatic N) is 4. The molecule has 5 heteroatoms. The van der Waals surface area contributed by atoms with Gasteiger partial charge in [-0.05, 0) is 38.8 Å². The largest absolute Gasteiger partial charge is 0.293 e. The van der Waals surface area contributed by atoms with E-state index in [9.17, 15) is 0 Å². The zero-order chi connectivity index (χ0) is 15.8. The van der Waals surface area contributed by atoms with Crippen LogP contribution in [0.5, 0.6) is 0 Å². The molecule has 0 unspecified atom stereocenters. The standard InChI is InChI=1S/C18H24N4S/c1-13-4-3-5-15(19-13)10-21-8-6-18-17(21)7-9-22(18)11-16-12-23-14(2)20-16/h3-5,12,17-18H,6-11H2,1-2H3/t17-,18+/m1/s1. The number of thiazole rings is 1. The van der Waals surface area contributed by atoms with E-state index in [-0.39, 0.29) is 0 Å². The van der Waals surface area contributed by atoms with Crippen molar-refractivity contribution in [2.24, 2.45) is 0 Å². The Hall–Kier alpha value is -1.30. The van der Waals surface area contributed by atoms with Crippen molar-refractivity contribution in [2.45, 2.75) is 51.9 Å². The number of hydrogen-bond acceptors (Lipinski definition) is 5. The van der Waals surface area contributed by atoms with Crippen LogP contribution in [0.4, 0.5) is 0 Å². The molecule has 23 heavy (non-hydrogen) atoms. The summed E-state index contributed by atoms with van der Waals surface area (Å²) in [6.45, 7) is 8.56. The monoisotopic (exact) mass is 328 g/mol. The summed E-state index contributed by atoms with van der Waals surface area (Å²) in [7, 11) is 0. The van der Waals surface area contributed by atoms with E-state index in [2.05, 4.69) is 57.2 Å². The Morgan fingerprint density at radius 2 is 1.70 bits per heavy atom. The predicted octanol–water partition coefficient (Wildman–Crippen LogP) is 3.00. The van der Waals surface area contributed by atoms with E-state index in [1.54, 1.807) is 11.3 Å². The van der Waals surface area contributed by atoms with Crippen molar-refractivity contribution in [1.82, 2.24) is 19.8 Å². The fourth-order valence-corrected chi connectivity index (χ4v) is 4.75. The van der Waals surface area contributed by atoms with E-state index in [0.717, 1.165) is 18.8 Å². The van der Waals surface area contributed by atoms with Gasteiger partial charge >= 0.3 is 0 Å². The van der Waals surface area contributed by atoms with Crippen LogP contribution in [0.25, 0.3) is 0 Å². The summed E-state index contributed by atoms with van der Waals surface area (Å²) >= 11 is 1.76. The number of pyridine rings is 1. The Bertz CT molecular complexity index is 683. The molecule has 0 amide bonds. The molecule has 0 N–H and O–H groups in total. The topological polar surface area (TPSA) is 32.3 Å². The fraction of sp³-hybridized carbons (Fsp3) is 0.556. The number of rotatable bonds is 4. The third-order valence-corrected chi connectivity index (χ3v) is 5.97. The maximum atomic E-state index is 4.68. The number of aromatic nitrogens is 2. The number of hydrogen-bond donors (Lipinski definition) is 0. The van der Waals surface area contributed by atoms with E-state index in [1.165, 1.54) is 42.3 Å². The average molecular weight is 328 g/mol. The van der Waals surface area contributed by atoms with Crippen LogP contribution in [0, 0.1) is 13.8 Å². The lowest BCUT2D eigenvalue weighted by Gasteiger charge is -2.25. The smallest absolute Gasteiger partial charge is 0.0897 e. The summed E-state index contributed by atoms with van der Waals surface area (Å²) in [5.41, 5.74) is 3.57. The number of likely N-dealkylation sites (tertiary alicyclic amines) is 2. The van der Waals surface area contributed by atoms with E-state index < -0.39 is 0 Å². The minimum Gasteiger partial charge on any atom is -0.293 e. The Morgan fingerprint density at radius 1 is 1.00 bits per heavy atom. The highest BCUT2D eigenvalue weighted by molar-refractivity contribution is 7.09. The molecule has 2 fully saturated rings. The summed E-state index contributed by atoms with van der Waals surface area (Å²) in [6, 6.07) is 7.74. The lowest BCUT2D eigenvalue weighted by atomic mass is 10.1. The van der Waals surface area contributed by atoms with Crippen LogP contribution in [0.15, 0.2) is 23.6 Å². The minimum absolute atomic E-state index is 0.692. The molecular weight excluding hydrogens is 304 g/mol. The van der Waals surface area contributed by atoms with Crippen molar-refractivity contribution in [3.63, 3.8) is 0 Å². The zero-order valence-corrected chi connectivity index (χ0v) is 14.7. The fourth-order valence-electron chi connectivity index (χ4n) is 4.14. The van der Waals surface area contributed by atoms with Crippen LogP contribution >= 0.6 is 11.3 Å². The molecule has 0 aromatic carbocycles. The highest BCUT2D eigenvalue weighted by Crippen LogP contribution is 2.33. The van der Waals surface area contributed by atoms with E-state index >= 15 is 0 Å². The Morgan fingerprint density at radius 3 is 2.30 bits per heavy atom. The summed E-state index contributed by atoms with van der Waals surface area (Å²) < 4.78 is 0. The van der Waals surface area contributed by atoms with Gasteiger partial charge in [-0.1, -0.05) is 6.07 Å². The summed E-state index contributed by atoms with van der Waals surface area (Å²) in [6.07, 6.45) is 2.55. The SMILES string of the molecule is Cc1cccc(CN2CC[C@H]3[C@H]2CCN3Cc2csc(C)n2)n1. The van der Waals surface area contributed by atoms with E-state index in [0.29, 0.717) is 12.1 Å². The summed E-state index contributed by atoms with van der Waals surface area (Å²) in [4.78, 5) is 14.6. The van der Waals surface area contributed by atoms with Crippen LogP contribution < -0.4 is 0 Å². The molecule has 2 aliphatic heterocycles. The third kappa shape index (κ3) is 3.18.